The van der Waals surface area contributed by atoms with Crippen LogP contribution in [-0.2, 0) is 0 Å². The lowest BCUT2D eigenvalue weighted by Gasteiger charge is -2.23. The van der Waals surface area contributed by atoms with Crippen LogP contribution in [0.25, 0.3) is 0 Å². The Morgan fingerprint density at radius 1 is 1.20 bits per heavy atom. The predicted molar refractivity (Wildman–Crippen MR) is 86.4 cm³/mol. The van der Waals surface area contributed by atoms with Gasteiger partial charge in [-0.15, -0.1) is 11.3 Å². The molecule has 2 atom stereocenters. The third-order valence-electron chi connectivity index (χ3n) is 3.32. The first kappa shape index (κ1) is 15.5. The summed E-state index contributed by atoms with van der Waals surface area (Å²) >= 11 is 7.61. The molecule has 0 saturated carbocycles. The van der Waals surface area contributed by atoms with Crippen LogP contribution < -0.4 is 5.32 Å². The lowest BCUT2D eigenvalue weighted by atomic mass is 10.0. The van der Waals surface area contributed by atoms with Gasteiger partial charge in [0.05, 0.1) is 4.34 Å². The van der Waals surface area contributed by atoms with Gasteiger partial charge in [-0.3, -0.25) is 0 Å². The van der Waals surface area contributed by atoms with Crippen molar-refractivity contribution >= 4 is 22.9 Å². The number of nitrogens with one attached hydrogen (secondary N) is 1. The summed E-state index contributed by atoms with van der Waals surface area (Å²) in [4.78, 5) is 1.24. The molecule has 0 saturated heterocycles. The van der Waals surface area contributed by atoms with Crippen LogP contribution >= 0.6 is 22.9 Å². The van der Waals surface area contributed by atoms with Gasteiger partial charge in [0.2, 0.25) is 0 Å². The fourth-order valence-electron chi connectivity index (χ4n) is 2.27. The summed E-state index contributed by atoms with van der Waals surface area (Å²) in [5.41, 5.74) is 1.26. The highest BCUT2D eigenvalue weighted by atomic mass is 35.5. The fourth-order valence-corrected chi connectivity index (χ4v) is 3.34. The summed E-state index contributed by atoms with van der Waals surface area (Å²) in [5.74, 6) is 0. The van der Waals surface area contributed by atoms with E-state index in [2.05, 4.69) is 42.6 Å². The molecule has 0 radical (unpaired) electrons. The van der Waals surface area contributed by atoms with Crippen molar-refractivity contribution in [3.8, 4) is 0 Å². The Labute approximate surface area is 129 Å². The molecule has 2 rings (SSSR count). The highest BCUT2D eigenvalue weighted by Gasteiger charge is 2.16. The van der Waals surface area contributed by atoms with Gasteiger partial charge < -0.3 is 10.4 Å². The van der Waals surface area contributed by atoms with E-state index in [-0.39, 0.29) is 18.7 Å². The van der Waals surface area contributed by atoms with Crippen LogP contribution in [0.5, 0.6) is 0 Å². The van der Waals surface area contributed by atoms with Crippen LogP contribution in [0.1, 0.15) is 42.3 Å². The van der Waals surface area contributed by atoms with Crippen LogP contribution in [0.4, 0.5) is 0 Å². The van der Waals surface area contributed by atoms with Gasteiger partial charge in [0, 0.05) is 23.6 Å². The largest absolute Gasteiger partial charge is 0.396 e. The quantitative estimate of drug-likeness (QED) is 0.785. The molecule has 2 nitrogen and oxygen atoms in total. The summed E-state index contributed by atoms with van der Waals surface area (Å²) in [6, 6.07) is 14.9. The molecule has 0 aliphatic heterocycles. The minimum Gasteiger partial charge on any atom is -0.396 e. The predicted octanol–water partition coefficient (Wildman–Crippen LogP) is 4.57. The topological polar surface area (TPSA) is 32.3 Å². The SMILES string of the molecule is CC(NC(CCCO)c1ccccc1)c1ccc(Cl)s1. The second kappa shape index (κ2) is 7.79. The zero-order valence-electron chi connectivity index (χ0n) is 11.6. The van der Waals surface area contributed by atoms with Crippen molar-refractivity contribution in [2.75, 3.05) is 6.61 Å². The van der Waals surface area contributed by atoms with Gasteiger partial charge in [-0.25, -0.2) is 0 Å². The average molecular weight is 310 g/mol. The molecular formula is C16H20ClNOS. The zero-order valence-corrected chi connectivity index (χ0v) is 13.1. The van der Waals surface area contributed by atoms with Gasteiger partial charge in [-0.05, 0) is 37.5 Å². The normalized spacial score (nSPS) is 14.2. The maximum Gasteiger partial charge on any atom is 0.0931 e. The van der Waals surface area contributed by atoms with Crippen molar-refractivity contribution in [1.29, 1.82) is 0 Å². The maximum absolute atomic E-state index is 9.07. The van der Waals surface area contributed by atoms with E-state index in [1.807, 2.05) is 12.1 Å². The lowest BCUT2D eigenvalue weighted by molar-refractivity contribution is 0.272. The minimum absolute atomic E-state index is 0.226. The highest BCUT2D eigenvalue weighted by molar-refractivity contribution is 7.16. The van der Waals surface area contributed by atoms with Crippen LogP contribution in [0.3, 0.4) is 0 Å². The average Bonchev–Trinajstić information content (AvgIpc) is 2.91. The summed E-state index contributed by atoms with van der Waals surface area (Å²) in [5, 5.41) is 12.7. The number of hydrogen-bond donors (Lipinski definition) is 2. The number of benzene rings is 1. The number of hydrogen-bond acceptors (Lipinski definition) is 3. The molecule has 2 aromatic rings. The first-order valence-corrected chi connectivity index (χ1v) is 8.07. The van der Waals surface area contributed by atoms with Crippen LogP contribution in [0.2, 0.25) is 4.34 Å². The third-order valence-corrected chi connectivity index (χ3v) is 4.74. The van der Waals surface area contributed by atoms with Crippen LogP contribution in [0.15, 0.2) is 42.5 Å². The molecule has 0 bridgehead atoms. The molecule has 0 aliphatic carbocycles. The Kier molecular flexibility index (Phi) is 6.05. The van der Waals surface area contributed by atoms with Crippen molar-refractivity contribution in [3.05, 3.63) is 57.2 Å². The van der Waals surface area contributed by atoms with E-state index in [0.717, 1.165) is 17.2 Å². The summed E-state index contributed by atoms with van der Waals surface area (Å²) < 4.78 is 0.820. The van der Waals surface area contributed by atoms with Gasteiger partial charge in [0.25, 0.3) is 0 Å². The number of aliphatic hydroxyl groups is 1. The van der Waals surface area contributed by atoms with Gasteiger partial charge in [0.15, 0.2) is 0 Å². The highest BCUT2D eigenvalue weighted by Crippen LogP contribution is 2.29. The molecule has 2 N–H and O–H groups in total. The van der Waals surface area contributed by atoms with Gasteiger partial charge >= 0.3 is 0 Å². The van der Waals surface area contributed by atoms with Crippen molar-refractivity contribution in [2.24, 2.45) is 0 Å². The van der Waals surface area contributed by atoms with Crippen molar-refractivity contribution < 1.29 is 5.11 Å². The minimum atomic E-state index is 0.226. The molecule has 2 unspecified atom stereocenters. The van der Waals surface area contributed by atoms with Gasteiger partial charge in [-0.1, -0.05) is 41.9 Å². The van der Waals surface area contributed by atoms with Crippen molar-refractivity contribution in [2.45, 2.75) is 31.8 Å². The number of aliphatic hydroxyl groups excluding tert-OH is 1. The Morgan fingerprint density at radius 2 is 1.95 bits per heavy atom. The van der Waals surface area contributed by atoms with Gasteiger partial charge in [0.1, 0.15) is 0 Å². The Morgan fingerprint density at radius 3 is 2.55 bits per heavy atom. The Balaban J connectivity index is 2.07. The zero-order chi connectivity index (χ0) is 14.4. The van der Waals surface area contributed by atoms with Crippen LogP contribution in [0, 0.1) is 0 Å². The van der Waals surface area contributed by atoms with E-state index >= 15 is 0 Å². The van der Waals surface area contributed by atoms with E-state index in [0.29, 0.717) is 0 Å². The second-order valence-corrected chi connectivity index (χ2v) is 6.61. The molecule has 0 fully saturated rings. The monoisotopic (exact) mass is 309 g/mol. The molecule has 4 heteroatoms. The van der Waals surface area contributed by atoms with Crippen LogP contribution in [-0.4, -0.2) is 11.7 Å². The summed E-state index contributed by atoms with van der Waals surface area (Å²) in [6.07, 6.45) is 1.72. The molecule has 0 aliphatic rings. The van der Waals surface area contributed by atoms with Crippen molar-refractivity contribution in [3.63, 3.8) is 0 Å². The van der Waals surface area contributed by atoms with E-state index in [1.54, 1.807) is 11.3 Å². The summed E-state index contributed by atoms with van der Waals surface area (Å²) in [6.45, 7) is 2.38. The molecule has 108 valence electrons. The standard InChI is InChI=1S/C16H20ClNOS/c1-12(15-9-10-16(17)20-15)18-14(8-5-11-19)13-6-3-2-4-7-13/h2-4,6-7,9-10,12,14,18-19H,5,8,11H2,1H3. The molecule has 1 aromatic heterocycles. The first-order chi connectivity index (χ1) is 9.70. The van der Waals surface area contributed by atoms with E-state index in [9.17, 15) is 0 Å². The third kappa shape index (κ3) is 4.32. The molecule has 20 heavy (non-hydrogen) atoms. The number of halogens is 1. The van der Waals surface area contributed by atoms with E-state index in [1.165, 1.54) is 10.4 Å². The van der Waals surface area contributed by atoms with E-state index < -0.39 is 0 Å². The first-order valence-electron chi connectivity index (χ1n) is 6.88. The smallest absolute Gasteiger partial charge is 0.0931 e. The Hall–Kier alpha value is -0.870. The van der Waals surface area contributed by atoms with Gasteiger partial charge in [-0.2, -0.15) is 0 Å². The number of thiophene rings is 1. The fraction of sp³-hybridized carbons (Fsp3) is 0.375. The molecule has 1 aromatic carbocycles. The van der Waals surface area contributed by atoms with Crippen molar-refractivity contribution in [1.82, 2.24) is 5.32 Å². The molecule has 0 amide bonds. The number of rotatable bonds is 7. The van der Waals surface area contributed by atoms with E-state index in [4.69, 9.17) is 16.7 Å². The molecular weight excluding hydrogens is 290 g/mol. The molecule has 0 spiro atoms. The lowest BCUT2D eigenvalue weighted by Crippen LogP contribution is -2.24. The maximum atomic E-state index is 9.07. The summed E-state index contributed by atoms with van der Waals surface area (Å²) in [7, 11) is 0. The Bertz CT molecular complexity index is 514. The molecule has 1 heterocycles. The second-order valence-electron chi connectivity index (χ2n) is 4.86.